The van der Waals surface area contributed by atoms with E-state index in [0.717, 1.165) is 46.3 Å². The molecule has 1 aromatic carbocycles. The van der Waals surface area contributed by atoms with Gasteiger partial charge in [0.2, 0.25) is 0 Å². The first-order valence-corrected chi connectivity index (χ1v) is 12.3. The SMILES string of the molecule is CCc1cc(N[C@@H]2CCCN(C(=O)OC(C)(C)C)C2)c([N+](=O)[O-])cc1-c1cn2ncnc2c(C)c1C. The van der Waals surface area contributed by atoms with E-state index in [-0.39, 0.29) is 22.7 Å². The Hall–Kier alpha value is -3.69. The Morgan fingerprint density at radius 1 is 1.25 bits per heavy atom. The van der Waals surface area contributed by atoms with Crippen LogP contribution in [0.3, 0.4) is 0 Å². The van der Waals surface area contributed by atoms with Crippen LogP contribution in [0.25, 0.3) is 16.8 Å². The highest BCUT2D eigenvalue weighted by Gasteiger charge is 2.29. The van der Waals surface area contributed by atoms with E-state index >= 15 is 0 Å². The predicted molar refractivity (Wildman–Crippen MR) is 138 cm³/mol. The maximum absolute atomic E-state index is 12.6. The lowest BCUT2D eigenvalue weighted by Crippen LogP contribution is -2.47. The van der Waals surface area contributed by atoms with Gasteiger partial charge in [-0.1, -0.05) is 6.92 Å². The number of pyridine rings is 1. The van der Waals surface area contributed by atoms with Crippen LogP contribution in [0.15, 0.2) is 24.7 Å². The number of nitrogens with one attached hydrogen (secondary N) is 1. The van der Waals surface area contributed by atoms with E-state index in [4.69, 9.17) is 4.74 Å². The maximum atomic E-state index is 12.6. The molecule has 2 aromatic heterocycles. The lowest BCUT2D eigenvalue weighted by atomic mass is 9.93. The largest absolute Gasteiger partial charge is 0.444 e. The molecule has 0 unspecified atom stereocenters. The van der Waals surface area contributed by atoms with Crippen molar-refractivity contribution in [3.05, 3.63) is 51.5 Å². The zero-order valence-electron chi connectivity index (χ0n) is 21.8. The molecule has 10 nitrogen and oxygen atoms in total. The van der Waals surface area contributed by atoms with Crippen LogP contribution < -0.4 is 5.32 Å². The highest BCUT2D eigenvalue weighted by molar-refractivity contribution is 5.80. The standard InChI is InChI=1S/C26H34N6O4/c1-7-18-11-22(29-19-9-8-10-30(13-19)25(33)36-26(4,5)6)23(32(34)35)12-20(18)21-14-31-24(27-15-28-31)17(3)16(21)2/h11-12,14-15,19,29H,7-10,13H2,1-6H3/t19-/m1/s1. The minimum Gasteiger partial charge on any atom is -0.444 e. The number of piperidine rings is 1. The van der Waals surface area contributed by atoms with Crippen LogP contribution in [-0.2, 0) is 11.2 Å². The van der Waals surface area contributed by atoms with Gasteiger partial charge in [0.1, 0.15) is 17.6 Å². The van der Waals surface area contributed by atoms with E-state index in [2.05, 4.69) is 15.4 Å². The number of ether oxygens (including phenoxy) is 1. The molecule has 1 atom stereocenters. The van der Waals surface area contributed by atoms with Crippen LogP contribution in [0, 0.1) is 24.0 Å². The van der Waals surface area contributed by atoms with Crippen LogP contribution in [0.1, 0.15) is 57.2 Å². The number of aromatic nitrogens is 3. The van der Waals surface area contributed by atoms with Crippen molar-refractivity contribution >= 4 is 23.1 Å². The smallest absolute Gasteiger partial charge is 0.410 e. The highest BCUT2D eigenvalue weighted by atomic mass is 16.6. The minimum atomic E-state index is -0.576. The zero-order valence-corrected chi connectivity index (χ0v) is 21.8. The van der Waals surface area contributed by atoms with E-state index in [0.29, 0.717) is 25.2 Å². The summed E-state index contributed by atoms with van der Waals surface area (Å²) >= 11 is 0. The molecule has 1 saturated heterocycles. The normalized spacial score (nSPS) is 16.3. The number of fused-ring (bicyclic) bond motifs is 1. The topological polar surface area (TPSA) is 115 Å². The van der Waals surface area contributed by atoms with E-state index in [1.54, 1.807) is 15.5 Å². The number of hydrogen-bond acceptors (Lipinski definition) is 7. The van der Waals surface area contributed by atoms with Crippen LogP contribution in [-0.4, -0.2) is 55.2 Å². The van der Waals surface area contributed by atoms with Gasteiger partial charge in [-0.25, -0.2) is 14.3 Å². The molecule has 10 heteroatoms. The molecule has 36 heavy (non-hydrogen) atoms. The number of amides is 1. The fraction of sp³-hybridized carbons (Fsp3) is 0.500. The van der Waals surface area contributed by atoms with Crippen molar-refractivity contribution in [1.82, 2.24) is 19.5 Å². The second kappa shape index (κ2) is 9.75. The number of hydrogen-bond donors (Lipinski definition) is 1. The summed E-state index contributed by atoms with van der Waals surface area (Å²) in [4.78, 5) is 30.4. The van der Waals surface area contributed by atoms with Gasteiger partial charge in [0, 0.05) is 37.0 Å². The monoisotopic (exact) mass is 494 g/mol. The predicted octanol–water partition coefficient (Wildman–Crippen LogP) is 5.30. The van der Waals surface area contributed by atoms with Crippen molar-refractivity contribution < 1.29 is 14.5 Å². The molecule has 1 N–H and O–H groups in total. The average molecular weight is 495 g/mol. The molecule has 0 radical (unpaired) electrons. The quantitative estimate of drug-likeness (QED) is 0.378. The van der Waals surface area contributed by atoms with Crippen molar-refractivity contribution in [3.8, 4) is 11.1 Å². The third-order valence-corrected chi connectivity index (χ3v) is 6.65. The zero-order chi connectivity index (χ0) is 26.2. The lowest BCUT2D eigenvalue weighted by molar-refractivity contribution is -0.383. The third-order valence-electron chi connectivity index (χ3n) is 6.65. The first-order chi connectivity index (χ1) is 17.0. The van der Waals surface area contributed by atoms with Crippen LogP contribution >= 0.6 is 0 Å². The number of rotatable bonds is 5. The van der Waals surface area contributed by atoms with E-state index in [1.807, 2.05) is 53.8 Å². The molecule has 0 aliphatic carbocycles. The van der Waals surface area contributed by atoms with Crippen LogP contribution in [0.2, 0.25) is 0 Å². The Kier molecular flexibility index (Phi) is 6.88. The molecule has 1 aliphatic heterocycles. The van der Waals surface area contributed by atoms with Gasteiger partial charge in [-0.2, -0.15) is 5.10 Å². The molecular weight excluding hydrogens is 460 g/mol. The summed E-state index contributed by atoms with van der Waals surface area (Å²) in [6.45, 7) is 12.6. The number of carbonyl (C=O) groups is 1. The minimum absolute atomic E-state index is 0.00679. The lowest BCUT2D eigenvalue weighted by Gasteiger charge is -2.34. The van der Waals surface area contributed by atoms with Crippen LogP contribution in [0.4, 0.5) is 16.2 Å². The molecule has 0 bridgehead atoms. The maximum Gasteiger partial charge on any atom is 0.410 e. The van der Waals surface area contributed by atoms with Gasteiger partial charge < -0.3 is 15.0 Å². The summed E-state index contributed by atoms with van der Waals surface area (Å²) < 4.78 is 7.23. The van der Waals surface area contributed by atoms with Crippen molar-refractivity contribution in [2.75, 3.05) is 18.4 Å². The van der Waals surface area contributed by atoms with Gasteiger partial charge in [0.05, 0.1) is 4.92 Å². The number of likely N-dealkylation sites (tertiary alicyclic amines) is 1. The second-order valence-corrected chi connectivity index (χ2v) is 10.4. The molecule has 1 aliphatic rings. The van der Waals surface area contributed by atoms with Gasteiger partial charge >= 0.3 is 6.09 Å². The molecule has 1 amide bonds. The first kappa shape index (κ1) is 25.4. The Morgan fingerprint density at radius 3 is 2.67 bits per heavy atom. The molecule has 1 fully saturated rings. The summed E-state index contributed by atoms with van der Waals surface area (Å²) in [5.74, 6) is 0. The molecule has 3 heterocycles. The van der Waals surface area contributed by atoms with Gasteiger partial charge in [0.25, 0.3) is 5.69 Å². The summed E-state index contributed by atoms with van der Waals surface area (Å²) in [5, 5.41) is 19.8. The van der Waals surface area contributed by atoms with E-state index in [1.165, 1.54) is 6.33 Å². The van der Waals surface area contributed by atoms with Gasteiger partial charge in [-0.3, -0.25) is 10.1 Å². The van der Waals surface area contributed by atoms with E-state index < -0.39 is 5.60 Å². The van der Waals surface area contributed by atoms with Crippen molar-refractivity contribution in [3.63, 3.8) is 0 Å². The van der Waals surface area contributed by atoms with Crippen LogP contribution in [0.5, 0.6) is 0 Å². The number of aryl methyl sites for hydroxylation is 2. The van der Waals surface area contributed by atoms with Crippen molar-refractivity contribution in [2.45, 2.75) is 72.4 Å². The summed E-state index contributed by atoms with van der Waals surface area (Å²) in [6, 6.07) is 3.41. The molecule has 192 valence electrons. The fourth-order valence-corrected chi connectivity index (χ4v) is 4.72. The molecule has 0 spiro atoms. The average Bonchev–Trinajstić information content (AvgIpc) is 3.29. The number of carbonyl (C=O) groups excluding carboxylic acids is 1. The molecular formula is C26H34N6O4. The highest BCUT2D eigenvalue weighted by Crippen LogP contribution is 2.37. The summed E-state index contributed by atoms with van der Waals surface area (Å²) in [5.41, 5.74) is 5.37. The van der Waals surface area contributed by atoms with Crippen molar-refractivity contribution in [1.29, 1.82) is 0 Å². The Bertz CT molecular complexity index is 1310. The number of nitro groups is 1. The Morgan fingerprint density at radius 2 is 2.00 bits per heavy atom. The first-order valence-electron chi connectivity index (χ1n) is 12.3. The van der Waals surface area contributed by atoms with Gasteiger partial charge in [0.15, 0.2) is 5.65 Å². The molecule has 3 aromatic rings. The molecule has 0 saturated carbocycles. The fourth-order valence-electron chi connectivity index (χ4n) is 4.72. The second-order valence-electron chi connectivity index (χ2n) is 10.4. The van der Waals surface area contributed by atoms with Gasteiger partial charge in [-0.15, -0.1) is 0 Å². The van der Waals surface area contributed by atoms with Gasteiger partial charge in [-0.05, 0) is 82.2 Å². The Labute approximate surface area is 210 Å². The number of nitrogens with zero attached hydrogens (tertiary/aromatic N) is 5. The molecule has 4 rings (SSSR count). The third kappa shape index (κ3) is 5.12. The van der Waals surface area contributed by atoms with Crippen molar-refractivity contribution in [2.24, 2.45) is 0 Å². The Balaban J connectivity index is 1.68. The summed E-state index contributed by atoms with van der Waals surface area (Å²) in [6.07, 6.45) is 5.33. The summed E-state index contributed by atoms with van der Waals surface area (Å²) in [7, 11) is 0. The van der Waals surface area contributed by atoms with E-state index in [9.17, 15) is 14.9 Å². The number of benzene rings is 1. The number of anilines is 1. The number of nitro benzene ring substituents is 1.